The second-order valence-corrected chi connectivity index (χ2v) is 4.96. The van der Waals surface area contributed by atoms with E-state index in [2.05, 4.69) is 47.7 Å². The summed E-state index contributed by atoms with van der Waals surface area (Å²) in [7, 11) is 0. The minimum absolute atomic E-state index is 0.504. The standard InChI is InChI=1S/C15H21N3/c1-12(2)15-9-17-11-18(15)10-14-5-3-13(4-6-14)7-8-16/h3-6,9,11-12H,7-8,10,16H2,1-2H3. The Morgan fingerprint density at radius 1 is 1.17 bits per heavy atom. The molecule has 1 aromatic carbocycles. The average molecular weight is 243 g/mol. The lowest BCUT2D eigenvalue weighted by Crippen LogP contribution is -2.05. The molecule has 1 aromatic heterocycles. The van der Waals surface area contributed by atoms with Gasteiger partial charge in [-0.15, -0.1) is 0 Å². The summed E-state index contributed by atoms with van der Waals surface area (Å²) in [6.07, 6.45) is 4.80. The van der Waals surface area contributed by atoms with Crippen molar-refractivity contribution in [2.45, 2.75) is 32.7 Å². The monoisotopic (exact) mass is 243 g/mol. The van der Waals surface area contributed by atoms with Crippen LogP contribution in [0.2, 0.25) is 0 Å². The van der Waals surface area contributed by atoms with Gasteiger partial charge in [0, 0.05) is 18.4 Å². The van der Waals surface area contributed by atoms with Crippen molar-refractivity contribution >= 4 is 0 Å². The first-order valence-electron chi connectivity index (χ1n) is 6.48. The SMILES string of the molecule is CC(C)c1cncn1Cc1ccc(CCN)cc1. The molecule has 0 radical (unpaired) electrons. The highest BCUT2D eigenvalue weighted by Crippen LogP contribution is 2.15. The van der Waals surface area contributed by atoms with E-state index in [-0.39, 0.29) is 0 Å². The number of nitrogens with zero attached hydrogens (tertiary/aromatic N) is 2. The Labute approximate surface area is 109 Å². The van der Waals surface area contributed by atoms with Crippen LogP contribution in [0.4, 0.5) is 0 Å². The predicted octanol–water partition coefficient (Wildman–Crippen LogP) is 2.56. The van der Waals surface area contributed by atoms with Crippen molar-refractivity contribution in [3.05, 3.63) is 53.6 Å². The maximum Gasteiger partial charge on any atom is 0.0951 e. The van der Waals surface area contributed by atoms with Gasteiger partial charge >= 0.3 is 0 Å². The third-order valence-corrected chi connectivity index (χ3v) is 3.14. The third kappa shape index (κ3) is 2.99. The summed E-state index contributed by atoms with van der Waals surface area (Å²) in [6.45, 7) is 5.98. The van der Waals surface area contributed by atoms with Gasteiger partial charge in [0.25, 0.3) is 0 Å². The van der Waals surface area contributed by atoms with Crippen LogP contribution in [0.5, 0.6) is 0 Å². The molecule has 0 saturated heterocycles. The quantitative estimate of drug-likeness (QED) is 0.877. The maximum atomic E-state index is 5.55. The molecular weight excluding hydrogens is 222 g/mol. The number of hydrogen-bond donors (Lipinski definition) is 1. The van der Waals surface area contributed by atoms with Gasteiger partial charge in [-0.1, -0.05) is 38.1 Å². The molecule has 3 heteroatoms. The molecule has 0 spiro atoms. The van der Waals surface area contributed by atoms with Crippen LogP contribution in [0.15, 0.2) is 36.8 Å². The minimum atomic E-state index is 0.504. The summed E-state index contributed by atoms with van der Waals surface area (Å²) in [6, 6.07) is 8.67. The Morgan fingerprint density at radius 3 is 2.44 bits per heavy atom. The molecule has 0 fully saturated rings. The Hall–Kier alpha value is -1.61. The zero-order chi connectivity index (χ0) is 13.0. The van der Waals surface area contributed by atoms with Gasteiger partial charge in [-0.05, 0) is 30.0 Å². The number of nitrogens with two attached hydrogens (primary N) is 1. The van der Waals surface area contributed by atoms with Crippen LogP contribution < -0.4 is 5.73 Å². The largest absolute Gasteiger partial charge is 0.330 e. The topological polar surface area (TPSA) is 43.8 Å². The molecule has 0 aliphatic rings. The fourth-order valence-corrected chi connectivity index (χ4v) is 2.12. The minimum Gasteiger partial charge on any atom is -0.330 e. The number of imidazole rings is 1. The van der Waals surface area contributed by atoms with Gasteiger partial charge in [0.2, 0.25) is 0 Å². The summed E-state index contributed by atoms with van der Waals surface area (Å²) in [4.78, 5) is 4.23. The third-order valence-electron chi connectivity index (χ3n) is 3.14. The Kier molecular flexibility index (Phi) is 4.15. The van der Waals surface area contributed by atoms with Crippen LogP contribution in [0.25, 0.3) is 0 Å². The van der Waals surface area contributed by atoms with Gasteiger partial charge in [-0.3, -0.25) is 0 Å². The van der Waals surface area contributed by atoms with E-state index in [1.54, 1.807) is 0 Å². The van der Waals surface area contributed by atoms with Crippen molar-refractivity contribution in [3.63, 3.8) is 0 Å². The normalized spacial score (nSPS) is 11.1. The zero-order valence-electron chi connectivity index (χ0n) is 11.1. The van der Waals surface area contributed by atoms with Gasteiger partial charge in [-0.25, -0.2) is 4.98 Å². The summed E-state index contributed by atoms with van der Waals surface area (Å²) < 4.78 is 2.21. The summed E-state index contributed by atoms with van der Waals surface area (Å²) in [5.74, 6) is 0.504. The fourth-order valence-electron chi connectivity index (χ4n) is 2.12. The molecule has 0 unspecified atom stereocenters. The van der Waals surface area contributed by atoms with Crippen molar-refractivity contribution in [2.24, 2.45) is 5.73 Å². The van der Waals surface area contributed by atoms with E-state index in [1.165, 1.54) is 16.8 Å². The van der Waals surface area contributed by atoms with Crippen LogP contribution in [-0.4, -0.2) is 16.1 Å². The second kappa shape index (κ2) is 5.83. The van der Waals surface area contributed by atoms with E-state index in [9.17, 15) is 0 Å². The lowest BCUT2D eigenvalue weighted by molar-refractivity contribution is 0.691. The van der Waals surface area contributed by atoms with E-state index < -0.39 is 0 Å². The Balaban J connectivity index is 2.11. The number of benzene rings is 1. The molecular formula is C15H21N3. The van der Waals surface area contributed by atoms with E-state index in [1.807, 2.05) is 12.5 Å². The van der Waals surface area contributed by atoms with Crippen LogP contribution in [0.3, 0.4) is 0 Å². The molecule has 0 bridgehead atoms. The molecule has 0 saturated carbocycles. The molecule has 96 valence electrons. The highest BCUT2D eigenvalue weighted by molar-refractivity contribution is 5.23. The Bertz CT molecular complexity index is 483. The number of aromatic nitrogens is 2. The predicted molar refractivity (Wildman–Crippen MR) is 74.6 cm³/mol. The molecule has 0 aliphatic carbocycles. The first-order chi connectivity index (χ1) is 8.70. The summed E-state index contributed by atoms with van der Waals surface area (Å²) in [5, 5.41) is 0. The number of rotatable bonds is 5. The van der Waals surface area contributed by atoms with Gasteiger partial charge < -0.3 is 10.3 Å². The van der Waals surface area contributed by atoms with Crippen molar-refractivity contribution in [1.29, 1.82) is 0 Å². The summed E-state index contributed by atoms with van der Waals surface area (Å²) >= 11 is 0. The Morgan fingerprint density at radius 2 is 1.83 bits per heavy atom. The van der Waals surface area contributed by atoms with E-state index in [0.717, 1.165) is 13.0 Å². The van der Waals surface area contributed by atoms with E-state index in [4.69, 9.17) is 5.73 Å². The molecule has 2 aromatic rings. The zero-order valence-corrected chi connectivity index (χ0v) is 11.1. The maximum absolute atomic E-state index is 5.55. The lowest BCUT2D eigenvalue weighted by Gasteiger charge is -2.11. The molecule has 1 heterocycles. The van der Waals surface area contributed by atoms with Crippen LogP contribution >= 0.6 is 0 Å². The molecule has 18 heavy (non-hydrogen) atoms. The van der Waals surface area contributed by atoms with Crippen LogP contribution in [-0.2, 0) is 13.0 Å². The molecule has 2 N–H and O–H groups in total. The van der Waals surface area contributed by atoms with E-state index in [0.29, 0.717) is 12.5 Å². The second-order valence-electron chi connectivity index (χ2n) is 4.96. The van der Waals surface area contributed by atoms with Crippen molar-refractivity contribution in [1.82, 2.24) is 9.55 Å². The average Bonchev–Trinajstić information content (AvgIpc) is 2.80. The lowest BCUT2D eigenvalue weighted by atomic mass is 10.1. The molecule has 0 atom stereocenters. The molecule has 0 aliphatic heterocycles. The number of hydrogen-bond acceptors (Lipinski definition) is 2. The van der Waals surface area contributed by atoms with Crippen LogP contribution in [0.1, 0.15) is 36.6 Å². The van der Waals surface area contributed by atoms with Crippen molar-refractivity contribution in [3.8, 4) is 0 Å². The van der Waals surface area contributed by atoms with Gasteiger partial charge in [0.15, 0.2) is 0 Å². The molecule has 2 rings (SSSR count). The van der Waals surface area contributed by atoms with Gasteiger partial charge in [0.05, 0.1) is 6.33 Å². The van der Waals surface area contributed by atoms with Crippen molar-refractivity contribution < 1.29 is 0 Å². The smallest absolute Gasteiger partial charge is 0.0951 e. The van der Waals surface area contributed by atoms with Gasteiger partial charge in [0.1, 0.15) is 0 Å². The van der Waals surface area contributed by atoms with Crippen LogP contribution in [0, 0.1) is 0 Å². The van der Waals surface area contributed by atoms with Gasteiger partial charge in [-0.2, -0.15) is 0 Å². The molecule has 0 amide bonds. The highest BCUT2D eigenvalue weighted by atomic mass is 15.0. The molecule has 3 nitrogen and oxygen atoms in total. The first-order valence-corrected chi connectivity index (χ1v) is 6.48. The fraction of sp³-hybridized carbons (Fsp3) is 0.400. The highest BCUT2D eigenvalue weighted by Gasteiger charge is 2.06. The van der Waals surface area contributed by atoms with E-state index >= 15 is 0 Å². The first kappa shape index (κ1) is 12.8. The van der Waals surface area contributed by atoms with Crippen molar-refractivity contribution in [2.75, 3.05) is 6.54 Å². The summed E-state index contributed by atoms with van der Waals surface area (Å²) in [5.41, 5.74) is 9.43.